The van der Waals surface area contributed by atoms with E-state index in [4.69, 9.17) is 10.2 Å². The van der Waals surface area contributed by atoms with Crippen LogP contribution in [0.5, 0.6) is 0 Å². The van der Waals surface area contributed by atoms with E-state index < -0.39 is 5.54 Å². The van der Waals surface area contributed by atoms with Gasteiger partial charge in [-0.05, 0) is 18.6 Å². The average molecular weight is 169 g/mol. The highest BCUT2D eigenvalue weighted by atomic mass is 16.3. The zero-order valence-corrected chi connectivity index (χ0v) is 7.27. The van der Waals surface area contributed by atoms with Crippen molar-refractivity contribution in [1.82, 2.24) is 4.57 Å². The number of nitrogens with zero attached hydrogens (tertiary/aromatic N) is 1. The number of aliphatic hydroxyl groups excluding tert-OH is 2. The van der Waals surface area contributed by atoms with E-state index in [9.17, 15) is 0 Å². The van der Waals surface area contributed by atoms with Gasteiger partial charge in [0.15, 0.2) is 0 Å². The lowest BCUT2D eigenvalue weighted by Gasteiger charge is -2.30. The summed E-state index contributed by atoms with van der Waals surface area (Å²) in [6.45, 7) is 1.88. The Hall–Kier alpha value is -0.800. The monoisotopic (exact) mass is 169 g/mol. The third-order valence-corrected chi connectivity index (χ3v) is 2.40. The van der Waals surface area contributed by atoms with E-state index in [2.05, 4.69) is 0 Å². The highest BCUT2D eigenvalue weighted by molar-refractivity contribution is 4.98. The standard InChI is InChI=1S/C9H15NO2/c1-2-9(7-11,8-12)10-5-3-4-6-10/h3-6,11-12H,2,7-8H2,1H3. The molecule has 0 aliphatic heterocycles. The third kappa shape index (κ3) is 1.38. The fourth-order valence-electron chi connectivity index (χ4n) is 1.27. The summed E-state index contributed by atoms with van der Waals surface area (Å²) in [4.78, 5) is 0. The van der Waals surface area contributed by atoms with Gasteiger partial charge >= 0.3 is 0 Å². The van der Waals surface area contributed by atoms with Crippen LogP contribution in [0.3, 0.4) is 0 Å². The molecule has 1 heterocycles. The fraction of sp³-hybridized carbons (Fsp3) is 0.556. The number of aliphatic hydroxyl groups is 2. The van der Waals surface area contributed by atoms with Crippen molar-refractivity contribution >= 4 is 0 Å². The van der Waals surface area contributed by atoms with E-state index in [0.29, 0.717) is 6.42 Å². The zero-order valence-electron chi connectivity index (χ0n) is 7.27. The Labute approximate surface area is 72.3 Å². The molecule has 1 aromatic rings. The summed E-state index contributed by atoms with van der Waals surface area (Å²) >= 11 is 0. The average Bonchev–Trinajstić information content (AvgIpc) is 2.62. The van der Waals surface area contributed by atoms with Gasteiger partial charge in [-0.2, -0.15) is 0 Å². The van der Waals surface area contributed by atoms with Crippen LogP contribution >= 0.6 is 0 Å². The number of hydrogen-bond acceptors (Lipinski definition) is 2. The normalized spacial score (nSPS) is 11.9. The molecule has 0 spiro atoms. The number of aromatic nitrogens is 1. The van der Waals surface area contributed by atoms with E-state index in [1.54, 1.807) is 0 Å². The molecule has 0 unspecified atom stereocenters. The van der Waals surface area contributed by atoms with Crippen LogP contribution in [0.4, 0.5) is 0 Å². The lowest BCUT2D eigenvalue weighted by atomic mass is 9.98. The van der Waals surface area contributed by atoms with Gasteiger partial charge in [0.25, 0.3) is 0 Å². The Morgan fingerprint density at radius 3 is 2.00 bits per heavy atom. The fourth-order valence-corrected chi connectivity index (χ4v) is 1.27. The second-order valence-electron chi connectivity index (χ2n) is 2.98. The van der Waals surface area contributed by atoms with Crippen molar-refractivity contribution in [3.8, 4) is 0 Å². The maximum absolute atomic E-state index is 9.17. The van der Waals surface area contributed by atoms with E-state index >= 15 is 0 Å². The van der Waals surface area contributed by atoms with Gasteiger partial charge < -0.3 is 14.8 Å². The smallest absolute Gasteiger partial charge is 0.0896 e. The van der Waals surface area contributed by atoms with Crippen molar-refractivity contribution in [2.75, 3.05) is 13.2 Å². The molecule has 0 fully saturated rings. The van der Waals surface area contributed by atoms with Gasteiger partial charge in [-0.15, -0.1) is 0 Å². The van der Waals surface area contributed by atoms with E-state index in [1.165, 1.54) is 0 Å². The van der Waals surface area contributed by atoms with Gasteiger partial charge in [-0.25, -0.2) is 0 Å². The minimum Gasteiger partial charge on any atom is -0.394 e. The summed E-state index contributed by atoms with van der Waals surface area (Å²) < 4.78 is 1.85. The molecule has 1 rings (SSSR count). The summed E-state index contributed by atoms with van der Waals surface area (Å²) in [6, 6.07) is 3.77. The highest BCUT2D eigenvalue weighted by Gasteiger charge is 2.27. The lowest BCUT2D eigenvalue weighted by Crippen LogP contribution is -2.39. The van der Waals surface area contributed by atoms with Crippen LogP contribution in [0, 0.1) is 0 Å². The van der Waals surface area contributed by atoms with Gasteiger partial charge in [0.05, 0.1) is 18.8 Å². The van der Waals surface area contributed by atoms with Crippen LogP contribution in [-0.4, -0.2) is 28.0 Å². The molecule has 0 saturated carbocycles. The Morgan fingerprint density at radius 1 is 1.17 bits per heavy atom. The minimum atomic E-state index is -0.524. The molecule has 0 saturated heterocycles. The second kappa shape index (κ2) is 3.74. The predicted octanol–water partition coefficient (Wildman–Crippen LogP) is 0.578. The summed E-state index contributed by atoms with van der Waals surface area (Å²) in [5.74, 6) is 0. The second-order valence-corrected chi connectivity index (χ2v) is 2.98. The largest absolute Gasteiger partial charge is 0.394 e. The van der Waals surface area contributed by atoms with Crippen LogP contribution in [0.1, 0.15) is 13.3 Å². The Balaban J connectivity index is 2.93. The molecule has 3 nitrogen and oxygen atoms in total. The zero-order chi connectivity index (χ0) is 9.03. The molecule has 0 aliphatic carbocycles. The lowest BCUT2D eigenvalue weighted by molar-refractivity contribution is 0.0601. The highest BCUT2D eigenvalue weighted by Crippen LogP contribution is 2.19. The molecule has 0 amide bonds. The van der Waals surface area contributed by atoms with Crippen LogP contribution < -0.4 is 0 Å². The molecule has 0 bridgehead atoms. The van der Waals surface area contributed by atoms with Gasteiger partial charge in [0.1, 0.15) is 0 Å². The van der Waals surface area contributed by atoms with Crippen molar-refractivity contribution in [1.29, 1.82) is 0 Å². The number of hydrogen-bond donors (Lipinski definition) is 2. The van der Waals surface area contributed by atoms with E-state index in [-0.39, 0.29) is 13.2 Å². The topological polar surface area (TPSA) is 45.4 Å². The molecule has 2 N–H and O–H groups in total. The number of rotatable bonds is 4. The first-order valence-electron chi connectivity index (χ1n) is 4.14. The maximum Gasteiger partial charge on any atom is 0.0896 e. The molecular weight excluding hydrogens is 154 g/mol. The van der Waals surface area contributed by atoms with Gasteiger partial charge in [0.2, 0.25) is 0 Å². The first-order chi connectivity index (χ1) is 5.79. The molecule has 0 radical (unpaired) electrons. The van der Waals surface area contributed by atoms with Gasteiger partial charge in [-0.3, -0.25) is 0 Å². The van der Waals surface area contributed by atoms with Crippen molar-refractivity contribution in [2.45, 2.75) is 18.9 Å². The summed E-state index contributed by atoms with van der Waals surface area (Å²) in [7, 11) is 0. The van der Waals surface area contributed by atoms with Crippen molar-refractivity contribution < 1.29 is 10.2 Å². The van der Waals surface area contributed by atoms with E-state index in [0.717, 1.165) is 0 Å². The summed E-state index contributed by atoms with van der Waals surface area (Å²) in [6.07, 6.45) is 4.43. The molecular formula is C9H15NO2. The predicted molar refractivity (Wildman–Crippen MR) is 46.9 cm³/mol. The van der Waals surface area contributed by atoms with Crippen LogP contribution in [-0.2, 0) is 5.54 Å². The quantitative estimate of drug-likeness (QED) is 0.692. The van der Waals surface area contributed by atoms with Crippen molar-refractivity contribution in [3.63, 3.8) is 0 Å². The minimum absolute atomic E-state index is 0.0331. The van der Waals surface area contributed by atoms with Crippen LogP contribution in [0.25, 0.3) is 0 Å². The molecule has 1 aromatic heterocycles. The first-order valence-corrected chi connectivity index (χ1v) is 4.14. The Morgan fingerprint density at radius 2 is 1.67 bits per heavy atom. The Kier molecular flexibility index (Phi) is 2.89. The van der Waals surface area contributed by atoms with E-state index in [1.807, 2.05) is 36.0 Å². The third-order valence-electron chi connectivity index (χ3n) is 2.40. The van der Waals surface area contributed by atoms with Crippen LogP contribution in [0.15, 0.2) is 24.5 Å². The maximum atomic E-state index is 9.17. The molecule has 68 valence electrons. The molecule has 0 aromatic carbocycles. The van der Waals surface area contributed by atoms with Gasteiger partial charge in [0, 0.05) is 12.4 Å². The molecule has 3 heteroatoms. The summed E-state index contributed by atoms with van der Waals surface area (Å²) in [5.41, 5.74) is -0.524. The summed E-state index contributed by atoms with van der Waals surface area (Å²) in [5, 5.41) is 18.3. The van der Waals surface area contributed by atoms with Crippen molar-refractivity contribution in [2.24, 2.45) is 0 Å². The molecule has 0 atom stereocenters. The SMILES string of the molecule is CCC(CO)(CO)n1cccc1. The molecule has 0 aliphatic rings. The van der Waals surface area contributed by atoms with Gasteiger partial charge in [-0.1, -0.05) is 6.92 Å². The Bertz CT molecular complexity index is 206. The molecule has 12 heavy (non-hydrogen) atoms. The van der Waals surface area contributed by atoms with Crippen LogP contribution in [0.2, 0.25) is 0 Å². The first kappa shape index (κ1) is 9.29. The van der Waals surface area contributed by atoms with Crippen molar-refractivity contribution in [3.05, 3.63) is 24.5 Å².